The Morgan fingerprint density at radius 1 is 1.44 bits per heavy atom. The van der Waals surface area contributed by atoms with Gasteiger partial charge in [0.15, 0.2) is 5.76 Å². The monoisotopic (exact) mass is 245 g/mol. The van der Waals surface area contributed by atoms with Crippen molar-refractivity contribution in [2.45, 2.75) is 19.9 Å². The summed E-state index contributed by atoms with van der Waals surface area (Å²) < 4.78 is 5.00. The summed E-state index contributed by atoms with van der Waals surface area (Å²) in [4.78, 5) is 11.7. The van der Waals surface area contributed by atoms with Crippen molar-refractivity contribution in [3.8, 4) is 0 Å². The molecule has 0 aliphatic rings. The van der Waals surface area contributed by atoms with Gasteiger partial charge in [0.1, 0.15) is 0 Å². The van der Waals surface area contributed by atoms with E-state index >= 15 is 0 Å². The van der Waals surface area contributed by atoms with Crippen molar-refractivity contribution in [1.29, 1.82) is 0 Å². The highest BCUT2D eigenvalue weighted by Crippen LogP contribution is 2.11. The topological polar surface area (TPSA) is 81.2 Å². The van der Waals surface area contributed by atoms with Crippen molar-refractivity contribution in [3.63, 3.8) is 0 Å². The Morgan fingerprint density at radius 2 is 2.22 bits per heavy atom. The summed E-state index contributed by atoms with van der Waals surface area (Å²) in [6, 6.07) is 9.11. The van der Waals surface area contributed by atoms with E-state index in [4.69, 9.17) is 10.3 Å². The number of benzene rings is 1. The molecule has 1 heterocycles. The van der Waals surface area contributed by atoms with E-state index in [1.165, 1.54) is 0 Å². The van der Waals surface area contributed by atoms with Crippen molar-refractivity contribution in [2.75, 3.05) is 5.73 Å². The predicted octanol–water partition coefficient (Wildman–Crippen LogP) is 1.42. The maximum absolute atomic E-state index is 11.7. The Hall–Kier alpha value is -2.30. The van der Waals surface area contributed by atoms with Crippen LogP contribution in [0.4, 0.5) is 5.69 Å². The minimum Gasteiger partial charge on any atom is -0.398 e. The molecular formula is C13H15N3O2. The third-order valence-electron chi connectivity index (χ3n) is 2.54. The predicted molar refractivity (Wildman–Crippen MR) is 67.6 cm³/mol. The molecule has 0 aliphatic carbocycles. The van der Waals surface area contributed by atoms with Gasteiger partial charge < -0.3 is 15.6 Å². The lowest BCUT2D eigenvalue weighted by Crippen LogP contribution is -2.24. The number of carbonyl (C=O) groups is 1. The van der Waals surface area contributed by atoms with Crippen molar-refractivity contribution in [1.82, 2.24) is 10.5 Å². The molecule has 0 radical (unpaired) electrons. The van der Waals surface area contributed by atoms with Crippen molar-refractivity contribution in [2.24, 2.45) is 0 Å². The molecule has 0 spiro atoms. The molecule has 0 bridgehead atoms. The van der Waals surface area contributed by atoms with Crippen molar-refractivity contribution >= 4 is 11.6 Å². The molecule has 0 unspecified atom stereocenters. The second-order valence-corrected chi connectivity index (χ2v) is 4.09. The summed E-state index contributed by atoms with van der Waals surface area (Å²) in [6.45, 7) is 2.17. The van der Waals surface area contributed by atoms with Crippen LogP contribution in [0.1, 0.15) is 17.0 Å². The molecule has 5 nitrogen and oxygen atoms in total. The second kappa shape index (κ2) is 5.35. The highest BCUT2D eigenvalue weighted by atomic mass is 16.5. The maximum atomic E-state index is 11.7. The number of rotatable bonds is 4. The zero-order chi connectivity index (χ0) is 13.0. The average molecular weight is 245 g/mol. The van der Waals surface area contributed by atoms with Gasteiger partial charge in [-0.1, -0.05) is 23.4 Å². The van der Waals surface area contributed by atoms with Crippen molar-refractivity contribution in [3.05, 3.63) is 47.3 Å². The largest absolute Gasteiger partial charge is 0.398 e. The van der Waals surface area contributed by atoms with E-state index in [1.807, 2.05) is 25.1 Å². The van der Waals surface area contributed by atoms with E-state index in [9.17, 15) is 4.79 Å². The lowest BCUT2D eigenvalue weighted by molar-refractivity contribution is -0.120. The molecule has 2 rings (SSSR count). The van der Waals surface area contributed by atoms with Crippen LogP contribution in [-0.2, 0) is 17.8 Å². The SMILES string of the molecule is Cc1cc(CNC(=O)Cc2ccccc2N)on1. The third kappa shape index (κ3) is 3.10. The van der Waals surface area contributed by atoms with Crippen LogP contribution in [0.5, 0.6) is 0 Å². The highest BCUT2D eigenvalue weighted by Gasteiger charge is 2.07. The number of amides is 1. The summed E-state index contributed by atoms with van der Waals surface area (Å²) >= 11 is 0. The Labute approximate surface area is 105 Å². The van der Waals surface area contributed by atoms with Gasteiger partial charge in [-0.25, -0.2) is 0 Å². The molecule has 1 aromatic carbocycles. The first-order chi connectivity index (χ1) is 8.65. The van der Waals surface area contributed by atoms with Gasteiger partial charge in [-0.2, -0.15) is 0 Å². The normalized spacial score (nSPS) is 10.3. The molecule has 94 valence electrons. The molecule has 0 saturated heterocycles. The molecule has 2 aromatic rings. The van der Waals surface area contributed by atoms with E-state index in [-0.39, 0.29) is 12.3 Å². The minimum atomic E-state index is -0.0954. The van der Waals surface area contributed by atoms with Gasteiger partial charge in [0.25, 0.3) is 0 Å². The third-order valence-corrected chi connectivity index (χ3v) is 2.54. The number of nitrogens with two attached hydrogens (primary N) is 1. The zero-order valence-corrected chi connectivity index (χ0v) is 10.1. The molecule has 0 atom stereocenters. The van der Waals surface area contributed by atoms with Gasteiger partial charge in [0, 0.05) is 11.8 Å². The quantitative estimate of drug-likeness (QED) is 0.798. The number of hydrogen-bond donors (Lipinski definition) is 2. The molecule has 1 amide bonds. The molecule has 18 heavy (non-hydrogen) atoms. The van der Waals surface area contributed by atoms with Crippen LogP contribution in [0.15, 0.2) is 34.9 Å². The first kappa shape index (κ1) is 12.2. The number of aryl methyl sites for hydroxylation is 1. The number of carbonyl (C=O) groups excluding carboxylic acids is 1. The summed E-state index contributed by atoms with van der Waals surface area (Å²) in [5, 5.41) is 6.51. The fourth-order valence-corrected chi connectivity index (χ4v) is 1.62. The van der Waals surface area contributed by atoms with Gasteiger partial charge in [-0.05, 0) is 18.6 Å². The van der Waals surface area contributed by atoms with Gasteiger partial charge in [-0.15, -0.1) is 0 Å². The van der Waals surface area contributed by atoms with Crippen LogP contribution < -0.4 is 11.1 Å². The van der Waals surface area contributed by atoms with E-state index in [0.717, 1.165) is 11.3 Å². The van der Waals surface area contributed by atoms with Gasteiger partial charge in [-0.3, -0.25) is 4.79 Å². The number of aromatic nitrogens is 1. The Bertz CT molecular complexity index is 549. The van der Waals surface area contributed by atoms with Crippen LogP contribution in [-0.4, -0.2) is 11.1 Å². The summed E-state index contributed by atoms with van der Waals surface area (Å²) in [5.41, 5.74) is 8.02. The number of nitrogens with one attached hydrogen (secondary N) is 1. The van der Waals surface area contributed by atoms with Crippen LogP contribution >= 0.6 is 0 Å². The van der Waals surface area contributed by atoms with E-state index < -0.39 is 0 Å². The summed E-state index contributed by atoms with van der Waals surface area (Å²) in [5.74, 6) is 0.545. The van der Waals surface area contributed by atoms with E-state index in [1.54, 1.807) is 12.1 Å². The molecule has 0 aliphatic heterocycles. The lowest BCUT2D eigenvalue weighted by Gasteiger charge is -2.05. The summed E-state index contributed by atoms with van der Waals surface area (Å²) in [7, 11) is 0. The number of para-hydroxylation sites is 1. The number of anilines is 1. The fourth-order valence-electron chi connectivity index (χ4n) is 1.62. The maximum Gasteiger partial charge on any atom is 0.224 e. The van der Waals surface area contributed by atoms with Gasteiger partial charge in [0.05, 0.1) is 18.7 Å². The number of nitrogens with zero attached hydrogens (tertiary/aromatic N) is 1. The minimum absolute atomic E-state index is 0.0954. The highest BCUT2D eigenvalue weighted by molar-refractivity contribution is 5.80. The molecule has 3 N–H and O–H groups in total. The number of hydrogen-bond acceptors (Lipinski definition) is 4. The zero-order valence-electron chi connectivity index (χ0n) is 10.1. The van der Waals surface area contributed by atoms with Crippen molar-refractivity contribution < 1.29 is 9.32 Å². The molecule has 5 heteroatoms. The van der Waals surface area contributed by atoms with Crippen LogP contribution in [0.2, 0.25) is 0 Å². The van der Waals surface area contributed by atoms with Crippen LogP contribution in [0.3, 0.4) is 0 Å². The van der Waals surface area contributed by atoms with E-state index in [0.29, 0.717) is 18.0 Å². The average Bonchev–Trinajstić information content (AvgIpc) is 2.76. The fraction of sp³-hybridized carbons (Fsp3) is 0.231. The lowest BCUT2D eigenvalue weighted by atomic mass is 10.1. The number of nitrogen functional groups attached to an aromatic ring is 1. The van der Waals surface area contributed by atoms with Crippen LogP contribution in [0, 0.1) is 6.92 Å². The molecule has 0 saturated carbocycles. The second-order valence-electron chi connectivity index (χ2n) is 4.09. The Balaban J connectivity index is 1.88. The first-order valence-corrected chi connectivity index (χ1v) is 5.67. The molecular weight excluding hydrogens is 230 g/mol. The van der Waals surface area contributed by atoms with Crippen LogP contribution in [0.25, 0.3) is 0 Å². The molecule has 0 fully saturated rings. The first-order valence-electron chi connectivity index (χ1n) is 5.67. The van der Waals surface area contributed by atoms with Gasteiger partial charge in [0.2, 0.25) is 5.91 Å². The summed E-state index contributed by atoms with van der Waals surface area (Å²) in [6.07, 6.45) is 0.264. The van der Waals surface area contributed by atoms with Gasteiger partial charge >= 0.3 is 0 Å². The standard InChI is InChI=1S/C13H15N3O2/c1-9-6-11(18-16-9)8-15-13(17)7-10-4-2-3-5-12(10)14/h2-6H,7-8,14H2,1H3,(H,15,17). The molecule has 1 aromatic heterocycles. The Kier molecular flexibility index (Phi) is 3.62. The van der Waals surface area contributed by atoms with E-state index in [2.05, 4.69) is 10.5 Å². The Morgan fingerprint density at radius 3 is 2.89 bits per heavy atom. The smallest absolute Gasteiger partial charge is 0.224 e.